The van der Waals surface area contributed by atoms with Crippen LogP contribution in [0.2, 0.25) is 0 Å². The largest absolute Gasteiger partial charge is 0.310 e. The van der Waals surface area contributed by atoms with Gasteiger partial charge in [-0.2, -0.15) is 0 Å². The van der Waals surface area contributed by atoms with E-state index in [0.29, 0.717) is 0 Å². The zero-order chi connectivity index (χ0) is 51.2. The van der Waals surface area contributed by atoms with Gasteiger partial charge in [-0.25, -0.2) is 8.78 Å². The molecular formula is C69H59F2N3. The van der Waals surface area contributed by atoms with Gasteiger partial charge in [0, 0.05) is 61.2 Å². The molecule has 0 N–H and O–H groups in total. The molecule has 2 aliphatic carbocycles. The predicted molar refractivity (Wildman–Crippen MR) is 302 cm³/mol. The molecule has 0 radical (unpaired) electrons. The van der Waals surface area contributed by atoms with Crippen LogP contribution in [0.1, 0.15) is 125 Å². The zero-order valence-electron chi connectivity index (χ0n) is 43.8. The van der Waals surface area contributed by atoms with Crippen molar-refractivity contribution in [3.8, 4) is 22.3 Å². The van der Waals surface area contributed by atoms with Gasteiger partial charge in [0.25, 0.3) is 0 Å². The van der Waals surface area contributed by atoms with Crippen molar-refractivity contribution in [3.05, 3.63) is 243 Å². The Bertz CT molecular complexity index is 3910. The van der Waals surface area contributed by atoms with Crippen LogP contribution in [0, 0.1) is 11.6 Å². The van der Waals surface area contributed by atoms with Gasteiger partial charge in [-0.3, -0.25) is 0 Å². The van der Waals surface area contributed by atoms with E-state index < -0.39 is 10.8 Å². The summed E-state index contributed by atoms with van der Waals surface area (Å²) in [6, 6.07) is 61.9. The predicted octanol–water partition coefficient (Wildman–Crippen LogP) is 18.9. The Labute approximate surface area is 434 Å². The molecule has 0 bridgehead atoms. The van der Waals surface area contributed by atoms with E-state index in [0.717, 1.165) is 34.1 Å². The van der Waals surface area contributed by atoms with E-state index >= 15 is 0 Å². The molecule has 0 amide bonds. The molecule has 9 aromatic rings. The lowest BCUT2D eigenvalue weighted by molar-refractivity contribution is 0.567. The monoisotopic (exact) mass is 967 g/mol. The maximum absolute atomic E-state index is 15.0. The van der Waals surface area contributed by atoms with E-state index in [1.165, 1.54) is 95.0 Å². The fourth-order valence-electron chi connectivity index (χ4n) is 14.2. The molecule has 5 heteroatoms. The molecule has 0 atom stereocenters. The highest BCUT2D eigenvalue weighted by atomic mass is 19.1. The van der Waals surface area contributed by atoms with E-state index in [4.69, 9.17) is 0 Å². The van der Waals surface area contributed by atoms with Crippen LogP contribution in [-0.2, 0) is 27.1 Å². The standard InChI is InChI=1S/C69H59F2N3/c1-65(2)53-19-14-12-17-49(53)51-34-44(31-33-54(51)65)72(42-26-22-40(70)23-27-42)46-36-58-63-60(38-46)69(9,10)61-39-47(37-59-64(61)74(63)62-55(67(58,5)6)20-15-21-56(62)68(59,7)8)73(43-28-24-41(71)25-29-43)45-30-32-50-48-16-11-13-18-52(48)66(3,4)57(50)35-45/h11-39H,1-10H3. The van der Waals surface area contributed by atoms with E-state index in [1.54, 1.807) is 24.3 Å². The summed E-state index contributed by atoms with van der Waals surface area (Å²) in [6.45, 7) is 23.6. The number of anilines is 9. The van der Waals surface area contributed by atoms with E-state index in [1.807, 2.05) is 24.3 Å². The molecular weight excluding hydrogens is 909 g/mol. The molecule has 74 heavy (non-hydrogen) atoms. The Morgan fingerprint density at radius 3 is 1.09 bits per heavy atom. The maximum Gasteiger partial charge on any atom is 0.123 e. The van der Waals surface area contributed by atoms with Crippen molar-refractivity contribution in [2.24, 2.45) is 0 Å². The molecule has 0 saturated carbocycles. The third kappa shape index (κ3) is 5.81. The normalized spacial score (nSPS) is 17.2. The van der Waals surface area contributed by atoms with E-state index in [9.17, 15) is 8.78 Å². The second-order valence-corrected chi connectivity index (χ2v) is 24.1. The number of nitrogens with zero attached hydrogens (tertiary/aromatic N) is 3. The number of benzene rings is 9. The summed E-state index contributed by atoms with van der Waals surface area (Å²) in [5.74, 6) is -0.540. The summed E-state index contributed by atoms with van der Waals surface area (Å²) in [5, 5.41) is 0. The minimum atomic E-state index is -0.530. The van der Waals surface area contributed by atoms with Crippen LogP contribution >= 0.6 is 0 Å². The van der Waals surface area contributed by atoms with E-state index in [2.05, 4.69) is 211 Å². The molecule has 0 spiro atoms. The van der Waals surface area contributed by atoms with Gasteiger partial charge in [-0.1, -0.05) is 148 Å². The van der Waals surface area contributed by atoms with Crippen molar-refractivity contribution in [3.63, 3.8) is 0 Å². The van der Waals surface area contributed by atoms with Crippen LogP contribution in [0.15, 0.2) is 176 Å². The average molecular weight is 968 g/mol. The van der Waals surface area contributed by atoms with Gasteiger partial charge in [-0.05, 0) is 175 Å². The topological polar surface area (TPSA) is 9.72 Å². The first-order valence-electron chi connectivity index (χ1n) is 26.2. The summed E-state index contributed by atoms with van der Waals surface area (Å²) in [7, 11) is 0. The number of para-hydroxylation sites is 1. The molecule has 0 fully saturated rings. The lowest BCUT2D eigenvalue weighted by Gasteiger charge is -2.55. The molecule has 0 unspecified atom stereocenters. The Balaban J connectivity index is 1.02. The Kier molecular flexibility index (Phi) is 8.93. The number of halogens is 2. The molecule has 0 saturated heterocycles. The maximum atomic E-state index is 15.0. The van der Waals surface area contributed by atoms with E-state index in [-0.39, 0.29) is 27.9 Å². The minimum absolute atomic E-state index is 0.148. The Morgan fingerprint density at radius 2 is 0.595 bits per heavy atom. The summed E-state index contributed by atoms with van der Waals surface area (Å²) < 4.78 is 30.0. The third-order valence-electron chi connectivity index (χ3n) is 18.3. The first-order valence-corrected chi connectivity index (χ1v) is 26.2. The van der Waals surface area contributed by atoms with Crippen LogP contribution in [0.4, 0.5) is 60.0 Å². The minimum Gasteiger partial charge on any atom is -0.310 e. The van der Waals surface area contributed by atoms with Crippen LogP contribution in [0.5, 0.6) is 0 Å². The van der Waals surface area contributed by atoms with Crippen LogP contribution < -0.4 is 14.7 Å². The SMILES string of the molecule is CC1(C)c2ccccc2-c2cc(N(c3ccc(F)cc3)c3cc4c5c(c3)C(C)(C)c3cc(N(c6ccc(F)cc6)c6ccc7c(c6)C(C)(C)c6ccccc6-7)cc6c3N5c3c(cccc3C6(C)C)C4(C)C)ccc21. The molecule has 3 nitrogen and oxygen atoms in total. The van der Waals surface area contributed by atoms with Gasteiger partial charge in [0.05, 0.1) is 17.1 Å². The van der Waals surface area contributed by atoms with Gasteiger partial charge in [0.15, 0.2) is 0 Å². The molecule has 3 aliphatic heterocycles. The molecule has 0 aromatic heterocycles. The summed E-state index contributed by atoms with van der Waals surface area (Å²) >= 11 is 0. The highest BCUT2D eigenvalue weighted by Gasteiger charge is 2.53. The van der Waals surface area contributed by atoms with Crippen LogP contribution in [0.3, 0.4) is 0 Å². The summed E-state index contributed by atoms with van der Waals surface area (Å²) in [6.07, 6.45) is 0. The molecule has 14 rings (SSSR count). The Morgan fingerprint density at radius 1 is 0.270 bits per heavy atom. The van der Waals surface area contributed by atoms with Gasteiger partial charge in [-0.15, -0.1) is 0 Å². The number of hydrogen-bond donors (Lipinski definition) is 0. The highest BCUT2D eigenvalue weighted by Crippen LogP contribution is 2.68. The van der Waals surface area contributed by atoms with Crippen molar-refractivity contribution in [2.75, 3.05) is 14.7 Å². The molecule has 5 aliphatic rings. The fraction of sp³-hybridized carbons (Fsp3) is 0.217. The lowest BCUT2D eigenvalue weighted by Crippen LogP contribution is -2.44. The zero-order valence-corrected chi connectivity index (χ0v) is 43.8. The summed E-state index contributed by atoms with van der Waals surface area (Å²) in [4.78, 5) is 7.29. The second kappa shape index (κ2) is 14.7. The first kappa shape index (κ1) is 44.9. The van der Waals surface area contributed by atoms with Crippen molar-refractivity contribution < 1.29 is 8.78 Å². The molecule has 3 heterocycles. The number of fused-ring (bicyclic) bond motifs is 6. The highest BCUT2D eigenvalue weighted by molar-refractivity contribution is 6.01. The first-order chi connectivity index (χ1) is 35.3. The van der Waals surface area contributed by atoms with Crippen LogP contribution in [0.25, 0.3) is 22.3 Å². The third-order valence-corrected chi connectivity index (χ3v) is 18.3. The smallest absolute Gasteiger partial charge is 0.123 e. The van der Waals surface area contributed by atoms with Crippen LogP contribution in [-0.4, -0.2) is 0 Å². The molecule has 9 aromatic carbocycles. The second-order valence-electron chi connectivity index (χ2n) is 24.1. The summed E-state index contributed by atoms with van der Waals surface area (Å²) in [5.41, 5.74) is 25.7. The van der Waals surface area contributed by atoms with Crippen molar-refractivity contribution in [1.29, 1.82) is 0 Å². The quantitative estimate of drug-likeness (QED) is 0.164. The number of rotatable bonds is 6. The van der Waals surface area contributed by atoms with Crippen molar-refractivity contribution >= 4 is 51.2 Å². The lowest BCUT2D eigenvalue weighted by atomic mass is 9.60. The number of hydrogen-bond acceptors (Lipinski definition) is 3. The van der Waals surface area contributed by atoms with Gasteiger partial charge >= 0.3 is 0 Å². The van der Waals surface area contributed by atoms with Gasteiger partial charge < -0.3 is 14.7 Å². The van der Waals surface area contributed by atoms with Crippen molar-refractivity contribution in [1.82, 2.24) is 0 Å². The van der Waals surface area contributed by atoms with Crippen molar-refractivity contribution in [2.45, 2.75) is 96.3 Å². The fourth-order valence-corrected chi connectivity index (χ4v) is 14.2. The molecule has 364 valence electrons. The Hall–Kier alpha value is -7.76. The van der Waals surface area contributed by atoms with Gasteiger partial charge in [0.2, 0.25) is 0 Å². The average Bonchev–Trinajstić information content (AvgIpc) is 3.76. The van der Waals surface area contributed by atoms with Gasteiger partial charge in [0.1, 0.15) is 11.6 Å².